The van der Waals surface area contributed by atoms with Crippen molar-refractivity contribution < 1.29 is 27.1 Å². The summed E-state index contributed by atoms with van der Waals surface area (Å²) in [4.78, 5) is 0. The summed E-state index contributed by atoms with van der Waals surface area (Å²) in [6, 6.07) is 0. The number of ether oxygens (including phenoxy) is 1. The number of methoxy groups -OCH3 is 1. The summed E-state index contributed by atoms with van der Waals surface area (Å²) in [5, 5.41) is 0. The van der Waals surface area contributed by atoms with E-state index < -0.39 is 0 Å². The molecule has 0 aromatic rings. The molecule has 0 aliphatic carbocycles. The van der Waals surface area contributed by atoms with Crippen LogP contribution in [0.2, 0.25) is 0 Å². The Bertz CT molecular complexity index is 8.85. The van der Waals surface area contributed by atoms with Gasteiger partial charge in [-0.2, -0.15) is 0 Å². The van der Waals surface area contributed by atoms with Crippen LogP contribution < -0.4 is 0 Å². The van der Waals surface area contributed by atoms with E-state index in [1.165, 1.54) is 0 Å². The number of hydrogen-bond acceptors (Lipinski definition) is 1. The van der Waals surface area contributed by atoms with Crippen LogP contribution in [0.1, 0.15) is 6.92 Å². The Balaban J connectivity index is 0. The quantitative estimate of drug-likeness (QED) is 0.627. The Labute approximate surface area is 48.2 Å². The van der Waals surface area contributed by atoms with Gasteiger partial charge in [0.2, 0.25) is 0 Å². The predicted molar refractivity (Wildman–Crippen MR) is 17.6 cm³/mol. The van der Waals surface area contributed by atoms with Gasteiger partial charge in [-0.25, -0.2) is 0 Å². The zero-order valence-electron chi connectivity index (χ0n) is 3.42. The molecule has 0 unspecified atom stereocenters. The van der Waals surface area contributed by atoms with E-state index in [0.29, 0.717) is 0 Å². The van der Waals surface area contributed by atoms with E-state index >= 15 is 0 Å². The minimum Gasteiger partial charge on any atom is -0.385 e. The summed E-state index contributed by atoms with van der Waals surface area (Å²) >= 11 is 0. The first-order chi connectivity index (χ1) is 1.91. The van der Waals surface area contributed by atoms with E-state index in [2.05, 4.69) is 4.74 Å². The average molecular weight is 257 g/mol. The van der Waals surface area contributed by atoms with Crippen LogP contribution in [0.25, 0.3) is 0 Å². The van der Waals surface area contributed by atoms with Crippen LogP contribution in [0.4, 0.5) is 0 Å². The third-order valence-electron chi connectivity index (χ3n) is 0.289. The van der Waals surface area contributed by atoms with Crippen LogP contribution in [-0.2, 0) is 27.1 Å². The Morgan fingerprint density at radius 1 is 1.60 bits per heavy atom. The maximum absolute atomic E-state index is 4.54. The normalized spacial score (nSPS) is 6.00. The molecule has 0 fully saturated rings. The van der Waals surface area contributed by atoms with E-state index in [1.807, 2.05) is 6.92 Å². The molecule has 0 amide bonds. The van der Waals surface area contributed by atoms with Crippen molar-refractivity contribution in [1.29, 1.82) is 0 Å². The minimum atomic E-state index is 0. The van der Waals surface area contributed by atoms with Crippen molar-refractivity contribution in [3.63, 3.8) is 0 Å². The molecule has 0 aliphatic rings. The maximum atomic E-state index is 4.54. The summed E-state index contributed by atoms with van der Waals surface area (Å²) in [6.07, 6.45) is 0. The molecular weight excluding hydrogens is 249 g/mol. The van der Waals surface area contributed by atoms with Crippen LogP contribution in [0.3, 0.4) is 0 Å². The summed E-state index contributed by atoms with van der Waals surface area (Å²) in [7, 11) is 1.68. The first kappa shape index (κ1) is 9.20. The van der Waals surface area contributed by atoms with Crippen molar-refractivity contribution in [1.82, 2.24) is 0 Å². The molecular formula is C3H8AuO. The molecule has 0 N–H and O–H groups in total. The summed E-state index contributed by atoms with van der Waals surface area (Å²) in [6.45, 7) is 2.78. The van der Waals surface area contributed by atoms with Crippen LogP contribution in [0, 0.1) is 0 Å². The molecule has 0 heterocycles. The van der Waals surface area contributed by atoms with Crippen LogP contribution in [0.5, 0.6) is 0 Å². The summed E-state index contributed by atoms with van der Waals surface area (Å²) in [5.74, 6) is 0. The molecule has 0 rings (SSSR count). The molecule has 0 aromatic heterocycles. The molecule has 0 bridgehead atoms. The van der Waals surface area contributed by atoms with Crippen LogP contribution in [-0.4, -0.2) is 13.7 Å². The third-order valence-corrected chi connectivity index (χ3v) is 0.289. The molecule has 2 heteroatoms. The number of hydrogen-bond donors (Lipinski definition) is 0. The molecule has 0 aliphatic heterocycles. The van der Waals surface area contributed by atoms with Gasteiger partial charge < -0.3 is 4.74 Å². The zero-order chi connectivity index (χ0) is 3.41. The summed E-state index contributed by atoms with van der Waals surface area (Å²) in [5.41, 5.74) is 0. The third kappa shape index (κ3) is 11.9. The van der Waals surface area contributed by atoms with Gasteiger partial charge in [-0.15, -0.1) is 0 Å². The van der Waals surface area contributed by atoms with Gasteiger partial charge in [0, 0.05) is 36.1 Å². The Morgan fingerprint density at radius 2 is 1.80 bits per heavy atom. The predicted octanol–water partition coefficient (Wildman–Crippen LogP) is 0.650. The van der Waals surface area contributed by atoms with E-state index in [0.717, 1.165) is 6.61 Å². The van der Waals surface area contributed by atoms with E-state index in [-0.39, 0.29) is 22.4 Å². The van der Waals surface area contributed by atoms with Crippen LogP contribution >= 0.6 is 0 Å². The van der Waals surface area contributed by atoms with Crippen molar-refractivity contribution in [3.8, 4) is 0 Å². The molecule has 5 heavy (non-hydrogen) atoms. The van der Waals surface area contributed by atoms with Gasteiger partial charge in [0.1, 0.15) is 0 Å². The fourth-order valence-electron chi connectivity index (χ4n) is 0. The van der Waals surface area contributed by atoms with Gasteiger partial charge >= 0.3 is 0 Å². The minimum absolute atomic E-state index is 0. The largest absolute Gasteiger partial charge is 0.385 e. The zero-order valence-corrected chi connectivity index (χ0v) is 5.58. The second kappa shape index (κ2) is 8.83. The molecule has 0 saturated carbocycles. The van der Waals surface area contributed by atoms with E-state index in [1.54, 1.807) is 7.11 Å². The van der Waals surface area contributed by atoms with Crippen molar-refractivity contribution in [2.45, 2.75) is 6.92 Å². The van der Waals surface area contributed by atoms with E-state index in [9.17, 15) is 0 Å². The van der Waals surface area contributed by atoms with E-state index in [4.69, 9.17) is 0 Å². The van der Waals surface area contributed by atoms with Gasteiger partial charge in [0.25, 0.3) is 0 Å². The fraction of sp³-hybridized carbons (Fsp3) is 1.00. The molecule has 1 nitrogen and oxygen atoms in total. The molecule has 0 aromatic carbocycles. The Kier molecular flexibility index (Phi) is 16.2. The smallest absolute Gasteiger partial charge is 0.0433 e. The summed E-state index contributed by atoms with van der Waals surface area (Å²) < 4.78 is 4.54. The molecule has 0 spiro atoms. The number of rotatable bonds is 1. The molecule has 1 radical (unpaired) electrons. The van der Waals surface area contributed by atoms with Crippen molar-refractivity contribution in [2.24, 2.45) is 0 Å². The average Bonchev–Trinajstić information content (AvgIpc) is 1.37. The second-order valence-electron chi connectivity index (χ2n) is 0.577. The Hall–Kier alpha value is 0.700. The topological polar surface area (TPSA) is 9.23 Å². The Morgan fingerprint density at radius 3 is 1.80 bits per heavy atom. The van der Waals surface area contributed by atoms with Gasteiger partial charge in [-0.05, 0) is 6.92 Å². The molecule has 37 valence electrons. The van der Waals surface area contributed by atoms with Gasteiger partial charge in [0.05, 0.1) is 0 Å². The molecule has 0 atom stereocenters. The first-order valence-corrected chi connectivity index (χ1v) is 1.40. The second-order valence-corrected chi connectivity index (χ2v) is 0.577. The van der Waals surface area contributed by atoms with Gasteiger partial charge in [-0.1, -0.05) is 0 Å². The van der Waals surface area contributed by atoms with Crippen molar-refractivity contribution >= 4 is 0 Å². The fourth-order valence-corrected chi connectivity index (χ4v) is 0. The van der Waals surface area contributed by atoms with Gasteiger partial charge in [-0.3, -0.25) is 0 Å². The standard InChI is InChI=1S/C3H8O.Au/c1-3-4-2;/h3H2,1-2H3;. The monoisotopic (exact) mass is 257 g/mol. The van der Waals surface area contributed by atoms with Crippen LogP contribution in [0.15, 0.2) is 0 Å². The van der Waals surface area contributed by atoms with Crippen molar-refractivity contribution in [2.75, 3.05) is 13.7 Å². The SMILES string of the molecule is CCOC.[Au]. The maximum Gasteiger partial charge on any atom is 0.0433 e. The first-order valence-electron chi connectivity index (χ1n) is 1.40. The van der Waals surface area contributed by atoms with Crippen molar-refractivity contribution in [3.05, 3.63) is 0 Å². The van der Waals surface area contributed by atoms with Gasteiger partial charge in [0.15, 0.2) is 0 Å². The molecule has 0 saturated heterocycles.